The first-order valence-electron chi connectivity index (χ1n) is 4.44. The van der Waals surface area contributed by atoms with Gasteiger partial charge in [-0.25, -0.2) is 4.52 Å². The fourth-order valence-electron chi connectivity index (χ4n) is 1.38. The molecule has 0 aliphatic heterocycles. The van der Waals surface area contributed by atoms with E-state index < -0.39 is 0 Å². The zero-order valence-electron chi connectivity index (χ0n) is 7.64. The van der Waals surface area contributed by atoms with Gasteiger partial charge in [0.25, 0.3) is 0 Å². The summed E-state index contributed by atoms with van der Waals surface area (Å²) in [5, 5.41) is 4.13. The van der Waals surface area contributed by atoms with E-state index in [1.54, 1.807) is 6.20 Å². The van der Waals surface area contributed by atoms with Crippen LogP contribution < -0.4 is 5.73 Å². The van der Waals surface area contributed by atoms with Crippen LogP contribution in [0.2, 0.25) is 0 Å². The average Bonchev–Trinajstić information content (AvgIpc) is 2.63. The second-order valence-electron chi connectivity index (χ2n) is 3.30. The predicted octanol–water partition coefficient (Wildman–Crippen LogP) is 1.40. The first kappa shape index (κ1) is 8.26. The Morgan fingerprint density at radius 2 is 2.38 bits per heavy atom. The summed E-state index contributed by atoms with van der Waals surface area (Å²) >= 11 is 0. The highest BCUT2D eigenvalue weighted by Crippen LogP contribution is 2.15. The van der Waals surface area contributed by atoms with E-state index in [2.05, 4.69) is 24.2 Å². The first-order valence-corrected chi connectivity index (χ1v) is 4.44. The van der Waals surface area contributed by atoms with Crippen molar-refractivity contribution in [3.63, 3.8) is 0 Å². The number of aromatic nitrogens is 2. The Morgan fingerprint density at radius 3 is 3.15 bits per heavy atom. The van der Waals surface area contributed by atoms with Crippen LogP contribution >= 0.6 is 0 Å². The van der Waals surface area contributed by atoms with Crippen LogP contribution in [-0.4, -0.2) is 16.2 Å². The molecule has 2 N–H and O–H groups in total. The highest BCUT2D eigenvalue weighted by atomic mass is 15.2. The molecule has 0 radical (unpaired) electrons. The van der Waals surface area contributed by atoms with Crippen LogP contribution in [0.3, 0.4) is 0 Å². The van der Waals surface area contributed by atoms with E-state index in [1.165, 1.54) is 5.56 Å². The van der Waals surface area contributed by atoms with Crippen LogP contribution in [0.1, 0.15) is 18.4 Å². The van der Waals surface area contributed by atoms with E-state index in [0.29, 0.717) is 12.5 Å². The lowest BCUT2D eigenvalue weighted by Gasteiger charge is -2.08. The normalized spacial score (nSPS) is 13.4. The van der Waals surface area contributed by atoms with E-state index in [-0.39, 0.29) is 0 Å². The monoisotopic (exact) mass is 175 g/mol. The second kappa shape index (κ2) is 3.18. The Kier molecular flexibility index (Phi) is 2.02. The molecule has 0 amide bonds. The lowest BCUT2D eigenvalue weighted by molar-refractivity contribution is 0.770. The third-order valence-electron chi connectivity index (χ3n) is 2.35. The quantitative estimate of drug-likeness (QED) is 0.749. The van der Waals surface area contributed by atoms with Crippen molar-refractivity contribution in [2.24, 2.45) is 5.73 Å². The van der Waals surface area contributed by atoms with Crippen molar-refractivity contribution in [3.8, 4) is 0 Å². The second-order valence-corrected chi connectivity index (χ2v) is 3.30. The van der Waals surface area contributed by atoms with Gasteiger partial charge in [-0.15, -0.1) is 0 Å². The van der Waals surface area contributed by atoms with Crippen LogP contribution in [0.25, 0.3) is 5.52 Å². The first-order chi connectivity index (χ1) is 6.31. The molecular formula is C10H13N3. The molecule has 13 heavy (non-hydrogen) atoms. The Hall–Kier alpha value is -1.35. The minimum absolute atomic E-state index is 0.417. The summed E-state index contributed by atoms with van der Waals surface area (Å²) in [7, 11) is 0. The molecule has 0 aromatic carbocycles. The van der Waals surface area contributed by atoms with E-state index >= 15 is 0 Å². The van der Waals surface area contributed by atoms with Gasteiger partial charge in [-0.3, -0.25) is 0 Å². The highest BCUT2D eigenvalue weighted by Gasteiger charge is 2.03. The maximum absolute atomic E-state index is 5.60. The van der Waals surface area contributed by atoms with E-state index in [9.17, 15) is 0 Å². The van der Waals surface area contributed by atoms with Gasteiger partial charge < -0.3 is 5.73 Å². The molecule has 0 aliphatic carbocycles. The molecule has 0 bridgehead atoms. The molecule has 0 spiro atoms. The summed E-state index contributed by atoms with van der Waals surface area (Å²) in [5.41, 5.74) is 8.00. The third kappa shape index (κ3) is 1.42. The van der Waals surface area contributed by atoms with Crippen molar-refractivity contribution in [2.45, 2.75) is 12.8 Å². The van der Waals surface area contributed by atoms with E-state index in [0.717, 1.165) is 5.52 Å². The molecule has 3 heteroatoms. The van der Waals surface area contributed by atoms with Crippen molar-refractivity contribution in [1.29, 1.82) is 0 Å². The van der Waals surface area contributed by atoms with Crippen LogP contribution in [0, 0.1) is 0 Å². The molecule has 0 fully saturated rings. The van der Waals surface area contributed by atoms with Gasteiger partial charge in [0.1, 0.15) is 0 Å². The number of nitrogens with zero attached hydrogens (tertiary/aromatic N) is 2. The third-order valence-corrected chi connectivity index (χ3v) is 2.35. The predicted molar refractivity (Wildman–Crippen MR) is 52.7 cm³/mol. The fourth-order valence-corrected chi connectivity index (χ4v) is 1.38. The molecule has 2 aromatic rings. The molecule has 0 saturated carbocycles. The molecular weight excluding hydrogens is 162 g/mol. The van der Waals surface area contributed by atoms with Crippen LogP contribution in [0.15, 0.2) is 30.6 Å². The maximum atomic E-state index is 5.60. The summed E-state index contributed by atoms with van der Waals surface area (Å²) in [6.07, 6.45) is 3.77. The Balaban J connectivity index is 2.48. The summed E-state index contributed by atoms with van der Waals surface area (Å²) in [6.45, 7) is 2.81. The lowest BCUT2D eigenvalue weighted by atomic mass is 10.0. The smallest absolute Gasteiger partial charge is 0.0664 e. The molecule has 0 aliphatic rings. The Bertz CT molecular complexity index is 405. The number of pyridine rings is 1. The van der Waals surface area contributed by atoms with Crippen LogP contribution in [0.5, 0.6) is 0 Å². The lowest BCUT2D eigenvalue weighted by Crippen LogP contribution is -2.09. The molecule has 0 saturated heterocycles. The molecule has 2 aromatic heterocycles. The minimum Gasteiger partial charge on any atom is -0.330 e. The van der Waals surface area contributed by atoms with Crippen molar-refractivity contribution in [3.05, 3.63) is 36.2 Å². The summed E-state index contributed by atoms with van der Waals surface area (Å²) in [5.74, 6) is 0.417. The standard InChI is InChI=1S/C10H13N3/c1-8(7-11)9-3-5-13-10(6-9)2-4-12-13/h2-6,8H,7,11H2,1H3. The van der Waals surface area contributed by atoms with Crippen LogP contribution in [0.4, 0.5) is 0 Å². The van der Waals surface area contributed by atoms with Crippen molar-refractivity contribution < 1.29 is 0 Å². The zero-order chi connectivity index (χ0) is 9.26. The number of nitrogens with two attached hydrogens (primary N) is 1. The Labute approximate surface area is 77.2 Å². The number of fused-ring (bicyclic) bond motifs is 1. The van der Waals surface area contributed by atoms with Crippen molar-refractivity contribution in [1.82, 2.24) is 9.61 Å². The van der Waals surface area contributed by atoms with Gasteiger partial charge in [-0.1, -0.05) is 6.92 Å². The molecule has 2 rings (SSSR count). The topological polar surface area (TPSA) is 43.3 Å². The maximum Gasteiger partial charge on any atom is 0.0664 e. The van der Waals surface area contributed by atoms with Gasteiger partial charge in [0.2, 0.25) is 0 Å². The van der Waals surface area contributed by atoms with Gasteiger partial charge in [0.05, 0.1) is 5.52 Å². The van der Waals surface area contributed by atoms with Crippen LogP contribution in [-0.2, 0) is 0 Å². The largest absolute Gasteiger partial charge is 0.330 e. The molecule has 2 heterocycles. The number of hydrogen-bond donors (Lipinski definition) is 1. The molecule has 1 unspecified atom stereocenters. The van der Waals surface area contributed by atoms with Gasteiger partial charge >= 0.3 is 0 Å². The van der Waals surface area contributed by atoms with Gasteiger partial charge in [-0.2, -0.15) is 5.10 Å². The van der Waals surface area contributed by atoms with E-state index in [4.69, 9.17) is 5.73 Å². The number of rotatable bonds is 2. The fraction of sp³-hybridized carbons (Fsp3) is 0.300. The molecule has 1 atom stereocenters. The highest BCUT2D eigenvalue weighted by molar-refractivity contribution is 5.48. The molecule has 68 valence electrons. The van der Waals surface area contributed by atoms with Crippen molar-refractivity contribution in [2.75, 3.05) is 6.54 Å². The van der Waals surface area contributed by atoms with Gasteiger partial charge in [0, 0.05) is 12.4 Å². The van der Waals surface area contributed by atoms with Gasteiger partial charge in [0.15, 0.2) is 0 Å². The summed E-state index contributed by atoms with van der Waals surface area (Å²) in [6, 6.07) is 6.19. The summed E-state index contributed by atoms with van der Waals surface area (Å²) in [4.78, 5) is 0. The zero-order valence-corrected chi connectivity index (χ0v) is 7.64. The minimum atomic E-state index is 0.417. The van der Waals surface area contributed by atoms with Gasteiger partial charge in [-0.05, 0) is 36.2 Å². The van der Waals surface area contributed by atoms with E-state index in [1.807, 2.05) is 16.8 Å². The Morgan fingerprint density at radius 1 is 1.54 bits per heavy atom. The van der Waals surface area contributed by atoms with Crippen molar-refractivity contribution >= 4 is 5.52 Å². The summed E-state index contributed by atoms with van der Waals surface area (Å²) < 4.78 is 1.85. The molecule has 3 nitrogen and oxygen atoms in total. The number of hydrogen-bond acceptors (Lipinski definition) is 2. The average molecular weight is 175 g/mol. The SMILES string of the molecule is CC(CN)c1ccn2nccc2c1.